The molecule has 2 nitrogen and oxygen atoms in total. The van der Waals surface area contributed by atoms with Gasteiger partial charge in [0.15, 0.2) is 0 Å². The molecule has 20 heavy (non-hydrogen) atoms. The summed E-state index contributed by atoms with van der Waals surface area (Å²) in [5.74, 6) is 0.906. The Morgan fingerprint density at radius 3 is 2.45 bits per heavy atom. The maximum atomic E-state index is 12.1. The monoisotopic (exact) mass is 287 g/mol. The van der Waals surface area contributed by atoms with Gasteiger partial charge in [-0.15, -0.1) is 13.2 Å². The van der Waals surface area contributed by atoms with E-state index in [0.717, 1.165) is 31.2 Å². The Hall–Kier alpha value is -1.23. The Labute approximate surface area is 117 Å². The van der Waals surface area contributed by atoms with Crippen molar-refractivity contribution in [2.24, 2.45) is 17.6 Å². The molecular formula is C15H20F3NO. The van der Waals surface area contributed by atoms with Gasteiger partial charge in [0, 0.05) is 6.04 Å². The van der Waals surface area contributed by atoms with Gasteiger partial charge in [0.2, 0.25) is 0 Å². The quantitative estimate of drug-likeness (QED) is 0.915. The molecular weight excluding hydrogens is 267 g/mol. The van der Waals surface area contributed by atoms with Crippen LogP contribution in [0.25, 0.3) is 0 Å². The molecule has 0 aromatic heterocycles. The molecule has 1 aromatic rings. The van der Waals surface area contributed by atoms with Crippen LogP contribution in [0.3, 0.4) is 0 Å². The van der Waals surface area contributed by atoms with Gasteiger partial charge in [0.1, 0.15) is 5.75 Å². The fourth-order valence-electron chi connectivity index (χ4n) is 2.89. The molecule has 0 heterocycles. The normalized spacial score (nSPS) is 27.4. The van der Waals surface area contributed by atoms with Gasteiger partial charge in [-0.05, 0) is 55.2 Å². The van der Waals surface area contributed by atoms with Crippen LogP contribution < -0.4 is 10.5 Å². The first kappa shape index (κ1) is 15.2. The van der Waals surface area contributed by atoms with Crippen molar-refractivity contribution >= 4 is 0 Å². The maximum Gasteiger partial charge on any atom is 0.573 e. The molecule has 1 fully saturated rings. The summed E-state index contributed by atoms with van der Waals surface area (Å²) in [5, 5.41) is 0. The molecule has 5 heteroatoms. The van der Waals surface area contributed by atoms with Crippen molar-refractivity contribution in [2.45, 2.75) is 45.0 Å². The topological polar surface area (TPSA) is 35.2 Å². The highest BCUT2D eigenvalue weighted by atomic mass is 19.4. The number of halogens is 3. The van der Waals surface area contributed by atoms with Gasteiger partial charge in [-0.1, -0.05) is 19.1 Å². The second-order valence-electron chi connectivity index (χ2n) is 5.74. The second-order valence-corrected chi connectivity index (χ2v) is 5.74. The van der Waals surface area contributed by atoms with Crippen molar-refractivity contribution in [3.8, 4) is 5.75 Å². The van der Waals surface area contributed by atoms with Crippen molar-refractivity contribution in [2.75, 3.05) is 0 Å². The van der Waals surface area contributed by atoms with E-state index in [2.05, 4.69) is 11.7 Å². The zero-order valence-electron chi connectivity index (χ0n) is 11.5. The van der Waals surface area contributed by atoms with Crippen molar-refractivity contribution < 1.29 is 17.9 Å². The molecule has 0 spiro atoms. The lowest BCUT2D eigenvalue weighted by molar-refractivity contribution is -0.274. The Morgan fingerprint density at radius 1 is 1.20 bits per heavy atom. The summed E-state index contributed by atoms with van der Waals surface area (Å²) in [5.41, 5.74) is 7.14. The van der Waals surface area contributed by atoms with Crippen molar-refractivity contribution in [1.29, 1.82) is 0 Å². The van der Waals surface area contributed by atoms with Crippen molar-refractivity contribution in [3.63, 3.8) is 0 Å². The van der Waals surface area contributed by atoms with Gasteiger partial charge in [-0.25, -0.2) is 0 Å². The van der Waals surface area contributed by atoms with E-state index in [1.54, 1.807) is 12.1 Å². The van der Waals surface area contributed by atoms with E-state index in [-0.39, 0.29) is 11.8 Å². The summed E-state index contributed by atoms with van der Waals surface area (Å²) in [6.07, 6.45) is -0.542. The Balaban J connectivity index is 1.96. The van der Waals surface area contributed by atoms with E-state index in [0.29, 0.717) is 11.8 Å². The molecule has 0 radical (unpaired) electrons. The van der Waals surface area contributed by atoms with Crippen LogP contribution in [0, 0.1) is 11.8 Å². The standard InChI is InChI=1S/C15H20F3NO/c1-10-2-7-14(19)12(8-10)9-11-3-5-13(6-4-11)20-15(16,17)18/h3-6,10,12,14H,2,7-9,19H2,1H3. The predicted octanol–water partition coefficient (Wildman–Crippen LogP) is 3.89. The molecule has 2 rings (SSSR count). The van der Waals surface area contributed by atoms with E-state index in [9.17, 15) is 13.2 Å². The molecule has 0 aliphatic heterocycles. The van der Waals surface area contributed by atoms with E-state index in [4.69, 9.17) is 5.73 Å². The number of ether oxygens (including phenoxy) is 1. The molecule has 0 saturated heterocycles. The average molecular weight is 287 g/mol. The number of hydrogen-bond donors (Lipinski definition) is 1. The van der Waals surface area contributed by atoms with Crippen LogP contribution in [-0.4, -0.2) is 12.4 Å². The highest BCUT2D eigenvalue weighted by Crippen LogP contribution is 2.31. The number of benzene rings is 1. The van der Waals surface area contributed by atoms with Crippen LogP contribution in [0.2, 0.25) is 0 Å². The first-order chi connectivity index (χ1) is 9.33. The summed E-state index contributed by atoms with van der Waals surface area (Å²) in [6.45, 7) is 2.22. The lowest BCUT2D eigenvalue weighted by atomic mass is 9.76. The molecule has 1 aliphatic rings. The Bertz CT molecular complexity index is 430. The predicted molar refractivity (Wildman–Crippen MR) is 71.3 cm³/mol. The zero-order chi connectivity index (χ0) is 14.8. The van der Waals surface area contributed by atoms with Crippen LogP contribution in [0.1, 0.15) is 31.7 Å². The molecule has 3 atom stereocenters. The summed E-state index contributed by atoms with van der Waals surface area (Å²) in [4.78, 5) is 0. The fraction of sp³-hybridized carbons (Fsp3) is 0.600. The molecule has 0 amide bonds. The first-order valence-corrected chi connectivity index (χ1v) is 6.94. The van der Waals surface area contributed by atoms with Crippen LogP contribution in [0.15, 0.2) is 24.3 Å². The van der Waals surface area contributed by atoms with E-state index < -0.39 is 6.36 Å². The van der Waals surface area contributed by atoms with Gasteiger partial charge in [0.05, 0.1) is 0 Å². The maximum absolute atomic E-state index is 12.1. The third kappa shape index (κ3) is 4.40. The lowest BCUT2D eigenvalue weighted by Gasteiger charge is -2.32. The first-order valence-electron chi connectivity index (χ1n) is 6.94. The molecule has 112 valence electrons. The van der Waals surface area contributed by atoms with Crippen molar-refractivity contribution in [1.82, 2.24) is 0 Å². The fourth-order valence-corrected chi connectivity index (χ4v) is 2.89. The van der Waals surface area contributed by atoms with Crippen LogP contribution >= 0.6 is 0 Å². The SMILES string of the molecule is CC1CCC(N)C(Cc2ccc(OC(F)(F)F)cc2)C1. The van der Waals surface area contributed by atoms with E-state index >= 15 is 0 Å². The largest absolute Gasteiger partial charge is 0.573 e. The van der Waals surface area contributed by atoms with Crippen molar-refractivity contribution in [3.05, 3.63) is 29.8 Å². The minimum atomic E-state index is -4.64. The zero-order valence-corrected chi connectivity index (χ0v) is 11.5. The van der Waals surface area contributed by atoms with E-state index in [1.807, 2.05) is 0 Å². The van der Waals surface area contributed by atoms with Crippen LogP contribution in [0.4, 0.5) is 13.2 Å². The summed E-state index contributed by atoms with van der Waals surface area (Å²) in [6, 6.07) is 6.29. The molecule has 1 aromatic carbocycles. The van der Waals surface area contributed by atoms with E-state index in [1.165, 1.54) is 12.1 Å². The number of rotatable bonds is 3. The van der Waals surface area contributed by atoms with Gasteiger partial charge in [0.25, 0.3) is 0 Å². The molecule has 0 bridgehead atoms. The minimum absolute atomic E-state index is 0.178. The summed E-state index contributed by atoms with van der Waals surface area (Å²) < 4.78 is 40.1. The number of nitrogens with two attached hydrogens (primary N) is 1. The second kappa shape index (κ2) is 6.04. The van der Waals surface area contributed by atoms with Crippen LogP contribution in [-0.2, 0) is 6.42 Å². The summed E-state index contributed by atoms with van der Waals surface area (Å²) >= 11 is 0. The third-order valence-corrected chi connectivity index (χ3v) is 3.96. The minimum Gasteiger partial charge on any atom is -0.406 e. The van der Waals surface area contributed by atoms with Gasteiger partial charge < -0.3 is 10.5 Å². The van der Waals surface area contributed by atoms with Gasteiger partial charge >= 0.3 is 6.36 Å². The molecule has 3 unspecified atom stereocenters. The Kier molecular flexibility index (Phi) is 4.58. The third-order valence-electron chi connectivity index (χ3n) is 3.96. The molecule has 2 N–H and O–H groups in total. The van der Waals surface area contributed by atoms with Gasteiger partial charge in [-0.3, -0.25) is 0 Å². The number of alkyl halides is 3. The molecule has 1 aliphatic carbocycles. The highest BCUT2D eigenvalue weighted by molar-refractivity contribution is 5.27. The smallest absolute Gasteiger partial charge is 0.406 e. The average Bonchev–Trinajstić information content (AvgIpc) is 2.34. The van der Waals surface area contributed by atoms with Gasteiger partial charge in [-0.2, -0.15) is 0 Å². The summed E-state index contributed by atoms with van der Waals surface area (Å²) in [7, 11) is 0. The molecule has 1 saturated carbocycles. The lowest BCUT2D eigenvalue weighted by Crippen LogP contribution is -2.36. The van der Waals surface area contributed by atoms with Crippen LogP contribution in [0.5, 0.6) is 5.75 Å². The Morgan fingerprint density at radius 2 is 1.85 bits per heavy atom. The number of hydrogen-bond acceptors (Lipinski definition) is 2. The highest BCUT2D eigenvalue weighted by Gasteiger charge is 2.31.